The van der Waals surface area contributed by atoms with Crippen LogP contribution in [0, 0.1) is 0 Å². The first kappa shape index (κ1) is 19.7. The van der Waals surface area contributed by atoms with Crippen molar-refractivity contribution in [3.63, 3.8) is 0 Å². The van der Waals surface area contributed by atoms with Gasteiger partial charge in [-0.1, -0.05) is 39.1 Å². The summed E-state index contributed by atoms with van der Waals surface area (Å²) in [4.78, 5) is 12.6. The first-order valence-electron chi connectivity index (χ1n) is 9.00. The lowest BCUT2D eigenvalue weighted by Crippen LogP contribution is -2.42. The zero-order valence-corrected chi connectivity index (χ0v) is 18.2. The molecule has 2 aliphatic rings. The SMILES string of the molecule is COc1ccc(Oc2c(Cl)cc(Br)cc2Cl)cc1NC1(C(=O)NC2CC2)CC1. The van der Waals surface area contributed by atoms with Crippen LogP contribution >= 0.6 is 39.1 Å². The third kappa shape index (κ3) is 4.19. The molecule has 2 aromatic carbocycles. The minimum atomic E-state index is -0.582. The zero-order valence-electron chi connectivity index (χ0n) is 15.2. The van der Waals surface area contributed by atoms with Crippen molar-refractivity contribution in [3.8, 4) is 17.2 Å². The van der Waals surface area contributed by atoms with Crippen LogP contribution in [0.5, 0.6) is 17.2 Å². The Kier molecular flexibility index (Phi) is 5.38. The Morgan fingerprint density at radius 3 is 2.43 bits per heavy atom. The molecule has 2 aliphatic carbocycles. The largest absolute Gasteiger partial charge is 0.495 e. The first-order valence-corrected chi connectivity index (χ1v) is 10.5. The Balaban J connectivity index is 1.57. The van der Waals surface area contributed by atoms with Crippen molar-refractivity contribution in [1.29, 1.82) is 0 Å². The average Bonchev–Trinajstić information content (AvgIpc) is 3.55. The average molecular weight is 486 g/mol. The standard InChI is InChI=1S/C20H19BrCl2N2O3/c1-27-17-5-4-13(28-18-14(22)8-11(21)9-15(18)23)10-16(17)25-20(6-7-20)19(26)24-12-2-3-12/h4-5,8-10,12,25H,2-3,6-7H2,1H3,(H,24,26). The molecular formula is C20H19BrCl2N2O3. The van der Waals surface area contributed by atoms with E-state index in [0.717, 1.165) is 30.2 Å². The third-order valence-electron chi connectivity index (χ3n) is 4.83. The van der Waals surface area contributed by atoms with Crippen LogP contribution in [0.4, 0.5) is 5.69 Å². The highest BCUT2D eigenvalue weighted by Gasteiger charge is 2.51. The molecule has 2 aromatic rings. The second kappa shape index (κ2) is 7.65. The summed E-state index contributed by atoms with van der Waals surface area (Å²) in [6.07, 6.45) is 3.68. The van der Waals surface area contributed by atoms with E-state index in [1.165, 1.54) is 0 Å². The molecule has 148 valence electrons. The monoisotopic (exact) mass is 484 g/mol. The quantitative estimate of drug-likeness (QED) is 0.521. The van der Waals surface area contributed by atoms with Gasteiger partial charge in [0.1, 0.15) is 17.0 Å². The van der Waals surface area contributed by atoms with Crippen LogP contribution in [0.25, 0.3) is 0 Å². The highest BCUT2D eigenvalue weighted by atomic mass is 79.9. The molecule has 5 nitrogen and oxygen atoms in total. The summed E-state index contributed by atoms with van der Waals surface area (Å²) in [5.74, 6) is 1.58. The van der Waals surface area contributed by atoms with Gasteiger partial charge >= 0.3 is 0 Å². The van der Waals surface area contributed by atoms with E-state index in [1.807, 2.05) is 0 Å². The Morgan fingerprint density at radius 2 is 1.86 bits per heavy atom. The maximum atomic E-state index is 12.6. The molecule has 0 aliphatic heterocycles. The predicted molar refractivity (Wildman–Crippen MR) is 114 cm³/mol. The molecule has 0 bridgehead atoms. The van der Waals surface area contributed by atoms with E-state index in [9.17, 15) is 4.79 Å². The molecule has 0 aromatic heterocycles. The van der Waals surface area contributed by atoms with Crippen molar-refractivity contribution in [2.75, 3.05) is 12.4 Å². The Labute approximate surface area is 181 Å². The van der Waals surface area contributed by atoms with Crippen molar-refractivity contribution >= 4 is 50.7 Å². The summed E-state index contributed by atoms with van der Waals surface area (Å²) >= 11 is 15.9. The van der Waals surface area contributed by atoms with Gasteiger partial charge in [0.25, 0.3) is 0 Å². The molecule has 2 fully saturated rings. The number of halogens is 3. The summed E-state index contributed by atoms with van der Waals surface area (Å²) in [5.41, 5.74) is 0.106. The van der Waals surface area contributed by atoms with Crippen LogP contribution in [0.15, 0.2) is 34.8 Å². The van der Waals surface area contributed by atoms with Gasteiger partial charge in [-0.3, -0.25) is 4.79 Å². The summed E-state index contributed by atoms with van der Waals surface area (Å²) in [6.45, 7) is 0. The van der Waals surface area contributed by atoms with Crippen LogP contribution in [0.2, 0.25) is 10.0 Å². The molecule has 0 unspecified atom stereocenters. The third-order valence-corrected chi connectivity index (χ3v) is 5.84. The minimum Gasteiger partial charge on any atom is -0.495 e. The molecule has 2 N–H and O–H groups in total. The molecule has 0 radical (unpaired) electrons. The van der Waals surface area contributed by atoms with E-state index in [4.69, 9.17) is 32.7 Å². The van der Waals surface area contributed by atoms with Crippen molar-refractivity contribution in [2.45, 2.75) is 37.3 Å². The highest BCUT2D eigenvalue weighted by molar-refractivity contribution is 9.10. The number of methoxy groups -OCH3 is 1. The number of hydrogen-bond acceptors (Lipinski definition) is 4. The number of nitrogens with one attached hydrogen (secondary N) is 2. The number of ether oxygens (including phenoxy) is 2. The van der Waals surface area contributed by atoms with Crippen molar-refractivity contribution < 1.29 is 14.3 Å². The zero-order chi connectivity index (χ0) is 19.9. The molecule has 1 amide bonds. The lowest BCUT2D eigenvalue weighted by molar-refractivity contribution is -0.122. The Morgan fingerprint density at radius 1 is 1.18 bits per heavy atom. The second-order valence-corrected chi connectivity index (χ2v) is 8.85. The van der Waals surface area contributed by atoms with Gasteiger partial charge in [0.05, 0.1) is 22.8 Å². The van der Waals surface area contributed by atoms with Crippen molar-refractivity contribution in [2.24, 2.45) is 0 Å². The number of carbonyl (C=O) groups excluding carboxylic acids is 1. The van der Waals surface area contributed by atoms with E-state index in [-0.39, 0.29) is 5.91 Å². The van der Waals surface area contributed by atoms with Gasteiger partial charge in [0.2, 0.25) is 5.91 Å². The lowest BCUT2D eigenvalue weighted by Gasteiger charge is -2.21. The fourth-order valence-electron chi connectivity index (χ4n) is 2.94. The van der Waals surface area contributed by atoms with Crippen LogP contribution < -0.4 is 20.1 Å². The van der Waals surface area contributed by atoms with Crippen LogP contribution in [-0.4, -0.2) is 24.6 Å². The lowest BCUT2D eigenvalue weighted by atomic mass is 10.2. The smallest absolute Gasteiger partial charge is 0.245 e. The molecule has 4 rings (SSSR count). The van der Waals surface area contributed by atoms with E-state index in [0.29, 0.717) is 39.0 Å². The fourth-order valence-corrected chi connectivity index (χ4v) is 4.22. The minimum absolute atomic E-state index is 0.0439. The Hall–Kier alpha value is -1.63. The molecule has 0 saturated heterocycles. The van der Waals surface area contributed by atoms with Gasteiger partial charge in [0, 0.05) is 16.6 Å². The molecule has 0 atom stereocenters. The van der Waals surface area contributed by atoms with Gasteiger partial charge < -0.3 is 20.1 Å². The van der Waals surface area contributed by atoms with Crippen LogP contribution in [0.1, 0.15) is 25.7 Å². The number of anilines is 1. The Bertz CT molecular complexity index is 907. The van der Waals surface area contributed by atoms with E-state index in [1.54, 1.807) is 37.4 Å². The second-order valence-electron chi connectivity index (χ2n) is 7.12. The number of amides is 1. The van der Waals surface area contributed by atoms with E-state index < -0.39 is 5.54 Å². The normalized spacial score (nSPS) is 17.0. The van der Waals surface area contributed by atoms with Gasteiger partial charge in [-0.05, 0) is 49.9 Å². The molecule has 2 saturated carbocycles. The first-order chi connectivity index (χ1) is 13.4. The van der Waals surface area contributed by atoms with Crippen molar-refractivity contribution in [3.05, 3.63) is 44.8 Å². The van der Waals surface area contributed by atoms with E-state index in [2.05, 4.69) is 26.6 Å². The fraction of sp³-hybridized carbons (Fsp3) is 0.350. The summed E-state index contributed by atoms with van der Waals surface area (Å²) in [7, 11) is 1.59. The molecule has 8 heteroatoms. The van der Waals surface area contributed by atoms with E-state index >= 15 is 0 Å². The van der Waals surface area contributed by atoms with Gasteiger partial charge in [-0.2, -0.15) is 0 Å². The molecular weight excluding hydrogens is 467 g/mol. The maximum absolute atomic E-state index is 12.6. The van der Waals surface area contributed by atoms with Crippen LogP contribution in [0.3, 0.4) is 0 Å². The molecule has 0 spiro atoms. The number of carbonyl (C=O) groups is 1. The van der Waals surface area contributed by atoms with Crippen molar-refractivity contribution in [1.82, 2.24) is 5.32 Å². The summed E-state index contributed by atoms with van der Waals surface area (Å²) in [6, 6.07) is 9.10. The van der Waals surface area contributed by atoms with Gasteiger partial charge in [-0.25, -0.2) is 0 Å². The summed E-state index contributed by atoms with van der Waals surface area (Å²) < 4.78 is 12.1. The summed E-state index contributed by atoms with van der Waals surface area (Å²) in [5, 5.41) is 7.22. The number of hydrogen-bond donors (Lipinski definition) is 2. The van der Waals surface area contributed by atoms with Gasteiger partial charge in [-0.15, -0.1) is 0 Å². The van der Waals surface area contributed by atoms with Gasteiger partial charge in [0.15, 0.2) is 5.75 Å². The van der Waals surface area contributed by atoms with Crippen LogP contribution in [-0.2, 0) is 4.79 Å². The topological polar surface area (TPSA) is 59.6 Å². The molecule has 0 heterocycles. The number of rotatable bonds is 7. The predicted octanol–water partition coefficient (Wildman–Crippen LogP) is 5.78. The molecule has 28 heavy (non-hydrogen) atoms. The number of benzene rings is 2. The highest BCUT2D eigenvalue weighted by Crippen LogP contribution is 2.44. The maximum Gasteiger partial charge on any atom is 0.245 e.